The maximum Gasteiger partial charge on any atom is 0.261 e. The first kappa shape index (κ1) is 18.9. The highest BCUT2D eigenvalue weighted by atomic mass is 35.5. The van der Waals surface area contributed by atoms with Gasteiger partial charge in [-0.1, -0.05) is 29.8 Å². The van der Waals surface area contributed by atoms with Crippen LogP contribution in [0, 0.1) is 0 Å². The van der Waals surface area contributed by atoms with E-state index in [0.717, 1.165) is 16.7 Å². The second-order valence-corrected chi connectivity index (χ2v) is 7.05. The zero-order valence-electron chi connectivity index (χ0n) is 15.8. The first-order valence-corrected chi connectivity index (χ1v) is 9.39. The van der Waals surface area contributed by atoms with Gasteiger partial charge in [-0.25, -0.2) is 4.98 Å². The fraction of sp³-hybridized carbons (Fsp3) is 0.143. The van der Waals surface area contributed by atoms with Crippen molar-refractivity contribution < 1.29 is 4.79 Å². The van der Waals surface area contributed by atoms with Gasteiger partial charge < -0.3 is 5.32 Å². The Bertz CT molecular complexity index is 1280. The van der Waals surface area contributed by atoms with Gasteiger partial charge in [-0.3, -0.25) is 19.3 Å². The molecule has 0 spiro atoms. The predicted molar refractivity (Wildman–Crippen MR) is 112 cm³/mol. The molecule has 2 heterocycles. The van der Waals surface area contributed by atoms with Crippen LogP contribution in [0.2, 0.25) is 5.15 Å². The fourth-order valence-corrected chi connectivity index (χ4v) is 3.50. The molecule has 0 radical (unpaired) electrons. The number of halogens is 1. The molecule has 0 aliphatic heterocycles. The van der Waals surface area contributed by atoms with Crippen molar-refractivity contribution in [1.29, 1.82) is 0 Å². The SMILES string of the molecule is CNC(=O)c1cccc([C@@H](C)n2cnc3cc(-c4cn[nH]c4Cl)ccc3c2=O)c1. The Labute approximate surface area is 171 Å². The third-order valence-electron chi connectivity index (χ3n) is 4.96. The highest BCUT2D eigenvalue weighted by Crippen LogP contribution is 2.27. The number of benzene rings is 2. The second-order valence-electron chi connectivity index (χ2n) is 6.67. The van der Waals surface area contributed by atoms with E-state index in [0.29, 0.717) is 21.6 Å². The number of rotatable bonds is 4. The zero-order valence-corrected chi connectivity index (χ0v) is 16.6. The summed E-state index contributed by atoms with van der Waals surface area (Å²) in [7, 11) is 1.58. The van der Waals surface area contributed by atoms with E-state index in [-0.39, 0.29) is 17.5 Å². The lowest BCUT2D eigenvalue weighted by Crippen LogP contribution is -2.25. The van der Waals surface area contributed by atoms with E-state index in [1.165, 1.54) is 6.33 Å². The molecule has 0 aliphatic carbocycles. The van der Waals surface area contributed by atoms with Gasteiger partial charge in [0.15, 0.2) is 0 Å². The normalized spacial score (nSPS) is 12.1. The summed E-state index contributed by atoms with van der Waals surface area (Å²) in [4.78, 5) is 29.5. The monoisotopic (exact) mass is 407 g/mol. The Kier molecular flexibility index (Phi) is 4.90. The minimum absolute atomic E-state index is 0.155. The van der Waals surface area contributed by atoms with E-state index < -0.39 is 0 Å². The Balaban J connectivity index is 1.75. The number of nitrogens with zero attached hydrogens (tertiary/aromatic N) is 3. The summed E-state index contributed by atoms with van der Waals surface area (Å²) in [6.07, 6.45) is 3.16. The van der Waals surface area contributed by atoms with Gasteiger partial charge in [0.05, 0.1) is 29.5 Å². The van der Waals surface area contributed by atoms with Crippen LogP contribution in [0.3, 0.4) is 0 Å². The van der Waals surface area contributed by atoms with Crippen LogP contribution in [0.5, 0.6) is 0 Å². The lowest BCUT2D eigenvalue weighted by molar-refractivity contribution is 0.0963. The highest BCUT2D eigenvalue weighted by molar-refractivity contribution is 6.32. The number of carbonyl (C=O) groups excluding carboxylic acids is 1. The second kappa shape index (κ2) is 7.52. The van der Waals surface area contributed by atoms with Crippen molar-refractivity contribution in [3.8, 4) is 11.1 Å². The first-order chi connectivity index (χ1) is 14.0. The van der Waals surface area contributed by atoms with E-state index in [1.807, 2.05) is 25.1 Å². The predicted octanol–water partition coefficient (Wildman–Crippen LogP) is 3.41. The molecule has 0 saturated carbocycles. The van der Waals surface area contributed by atoms with E-state index in [4.69, 9.17) is 11.6 Å². The number of aromatic amines is 1. The lowest BCUT2D eigenvalue weighted by Gasteiger charge is -2.16. The van der Waals surface area contributed by atoms with Crippen molar-refractivity contribution >= 4 is 28.4 Å². The van der Waals surface area contributed by atoms with Gasteiger partial charge in [0.1, 0.15) is 5.15 Å². The van der Waals surface area contributed by atoms with Crippen LogP contribution < -0.4 is 10.9 Å². The van der Waals surface area contributed by atoms with Gasteiger partial charge in [-0.05, 0) is 42.3 Å². The average molecular weight is 408 g/mol. The Morgan fingerprint density at radius 2 is 2.07 bits per heavy atom. The van der Waals surface area contributed by atoms with Crippen LogP contribution in [0.15, 0.2) is 59.8 Å². The van der Waals surface area contributed by atoms with Gasteiger partial charge >= 0.3 is 0 Å². The number of fused-ring (bicyclic) bond motifs is 1. The number of carbonyl (C=O) groups is 1. The molecule has 4 aromatic rings. The number of amides is 1. The summed E-state index contributed by atoms with van der Waals surface area (Å²) < 4.78 is 1.57. The smallest absolute Gasteiger partial charge is 0.261 e. The molecule has 0 bridgehead atoms. The van der Waals surface area contributed by atoms with Crippen LogP contribution in [0.4, 0.5) is 0 Å². The van der Waals surface area contributed by atoms with Crippen LogP contribution in [-0.4, -0.2) is 32.7 Å². The van der Waals surface area contributed by atoms with Crippen LogP contribution in [0.25, 0.3) is 22.0 Å². The third kappa shape index (κ3) is 3.40. The summed E-state index contributed by atoms with van der Waals surface area (Å²) in [5.74, 6) is -0.173. The molecule has 2 aromatic carbocycles. The number of aromatic nitrogens is 4. The van der Waals surface area contributed by atoms with Crippen LogP contribution >= 0.6 is 11.6 Å². The molecule has 2 N–H and O–H groups in total. The van der Waals surface area contributed by atoms with E-state index in [1.54, 1.807) is 42.1 Å². The summed E-state index contributed by atoms with van der Waals surface area (Å²) in [5.41, 5.74) is 3.38. The number of hydrogen-bond donors (Lipinski definition) is 2. The minimum atomic E-state index is -0.285. The Morgan fingerprint density at radius 3 is 2.79 bits per heavy atom. The molecule has 2 aromatic heterocycles. The van der Waals surface area contributed by atoms with E-state index >= 15 is 0 Å². The number of nitrogens with one attached hydrogen (secondary N) is 2. The topological polar surface area (TPSA) is 92.7 Å². The Morgan fingerprint density at radius 1 is 1.24 bits per heavy atom. The third-order valence-corrected chi connectivity index (χ3v) is 5.25. The molecular weight excluding hydrogens is 390 g/mol. The van der Waals surface area contributed by atoms with Crippen molar-refractivity contribution in [3.63, 3.8) is 0 Å². The molecule has 0 saturated heterocycles. The van der Waals surface area contributed by atoms with E-state index in [9.17, 15) is 9.59 Å². The van der Waals surface area contributed by atoms with Crippen molar-refractivity contribution in [2.75, 3.05) is 7.05 Å². The quantitative estimate of drug-likeness (QED) is 0.542. The van der Waals surface area contributed by atoms with Crippen molar-refractivity contribution in [2.24, 2.45) is 0 Å². The standard InChI is InChI=1S/C21H18ClN5O2/c1-12(13-4-3-5-15(8-13)20(28)23-2)27-11-24-18-9-14(6-7-16(18)21(27)29)17-10-25-26-19(17)22/h3-12H,1-2H3,(H,23,28)(H,25,26)/t12-/m1/s1. The molecule has 1 amide bonds. The summed E-state index contributed by atoms with van der Waals surface area (Å²) in [6.45, 7) is 1.90. The summed E-state index contributed by atoms with van der Waals surface area (Å²) in [5, 5.41) is 10.2. The van der Waals surface area contributed by atoms with Gasteiger partial charge in [0, 0.05) is 18.2 Å². The molecule has 29 heavy (non-hydrogen) atoms. The Hall–Kier alpha value is -3.45. The summed E-state index contributed by atoms with van der Waals surface area (Å²) in [6, 6.07) is 12.3. The number of hydrogen-bond acceptors (Lipinski definition) is 4. The minimum Gasteiger partial charge on any atom is -0.355 e. The molecule has 8 heteroatoms. The molecular formula is C21H18ClN5O2. The van der Waals surface area contributed by atoms with Crippen molar-refractivity contribution in [2.45, 2.75) is 13.0 Å². The summed E-state index contributed by atoms with van der Waals surface area (Å²) >= 11 is 6.10. The molecule has 0 fully saturated rings. The molecule has 0 aliphatic rings. The largest absolute Gasteiger partial charge is 0.355 e. The maximum atomic E-state index is 13.1. The maximum absolute atomic E-state index is 13.1. The van der Waals surface area contributed by atoms with Crippen molar-refractivity contribution in [1.82, 2.24) is 25.1 Å². The highest BCUT2D eigenvalue weighted by Gasteiger charge is 2.15. The van der Waals surface area contributed by atoms with Crippen LogP contribution in [-0.2, 0) is 0 Å². The molecule has 7 nitrogen and oxygen atoms in total. The lowest BCUT2D eigenvalue weighted by atomic mass is 10.0. The van der Waals surface area contributed by atoms with Gasteiger partial charge in [0.2, 0.25) is 0 Å². The van der Waals surface area contributed by atoms with Gasteiger partial charge in [-0.2, -0.15) is 5.10 Å². The fourth-order valence-electron chi connectivity index (χ4n) is 3.30. The van der Waals surface area contributed by atoms with Crippen molar-refractivity contribution in [3.05, 3.63) is 81.6 Å². The molecule has 4 rings (SSSR count). The molecule has 146 valence electrons. The number of H-pyrrole nitrogens is 1. The van der Waals surface area contributed by atoms with Gasteiger partial charge in [-0.15, -0.1) is 0 Å². The average Bonchev–Trinajstić information content (AvgIpc) is 3.18. The zero-order chi connectivity index (χ0) is 20.5. The molecule has 0 unspecified atom stereocenters. The van der Waals surface area contributed by atoms with E-state index in [2.05, 4.69) is 20.5 Å². The van der Waals surface area contributed by atoms with Crippen LogP contribution in [0.1, 0.15) is 28.9 Å². The first-order valence-electron chi connectivity index (χ1n) is 9.01. The molecule has 1 atom stereocenters. The van der Waals surface area contributed by atoms with Gasteiger partial charge in [0.25, 0.3) is 11.5 Å².